The molecule has 0 radical (unpaired) electrons. The van der Waals surface area contributed by atoms with Gasteiger partial charge in [0.25, 0.3) is 0 Å². The third-order valence-electron chi connectivity index (χ3n) is 3.21. The van der Waals surface area contributed by atoms with Crippen LogP contribution in [0.5, 0.6) is 0 Å². The normalized spacial score (nSPS) is 11.8. The Hall–Kier alpha value is -3.42. The molecule has 128 valence electrons. The van der Waals surface area contributed by atoms with Gasteiger partial charge in [-0.15, -0.1) is 0 Å². The summed E-state index contributed by atoms with van der Waals surface area (Å²) in [5.74, 6) is -1.05. The Labute approximate surface area is 145 Å². The van der Waals surface area contributed by atoms with E-state index in [0.29, 0.717) is 11.4 Å². The summed E-state index contributed by atoms with van der Waals surface area (Å²) in [6, 6.07) is 7.09. The van der Waals surface area contributed by atoms with Crippen molar-refractivity contribution in [1.29, 1.82) is 0 Å². The van der Waals surface area contributed by atoms with Gasteiger partial charge in [-0.05, 0) is 38.1 Å². The number of hydrogen-bond acceptors (Lipinski definition) is 6. The maximum Gasteiger partial charge on any atom is 0.249 e. The summed E-state index contributed by atoms with van der Waals surface area (Å²) < 4.78 is 0. The lowest BCUT2D eigenvalue weighted by Crippen LogP contribution is -2.28. The molecule has 0 aliphatic rings. The van der Waals surface area contributed by atoms with Crippen LogP contribution in [-0.2, 0) is 9.59 Å². The monoisotopic (exact) mass is 338 g/mol. The number of amides is 2. The van der Waals surface area contributed by atoms with Crippen LogP contribution in [0, 0.1) is 0 Å². The zero-order chi connectivity index (χ0) is 18.1. The minimum absolute atomic E-state index is 0.375. The first kappa shape index (κ1) is 17.9. The number of hydrazone groups is 2. The van der Waals surface area contributed by atoms with Crippen LogP contribution < -0.4 is 10.9 Å². The second-order valence-corrected chi connectivity index (χ2v) is 5.11. The molecule has 0 bridgehead atoms. The molecular weight excluding hydrogens is 320 g/mol. The SMILES string of the molecule is CC(=NNC(=O)CC(=O)NN=C(C)c1ccncc1)c1ccncc1. The lowest BCUT2D eigenvalue weighted by atomic mass is 10.2. The first-order valence-corrected chi connectivity index (χ1v) is 7.53. The van der Waals surface area contributed by atoms with E-state index in [1.54, 1.807) is 62.9 Å². The Kier molecular flexibility index (Phi) is 6.47. The minimum atomic E-state index is -0.525. The van der Waals surface area contributed by atoms with Gasteiger partial charge in [0.15, 0.2) is 0 Å². The maximum absolute atomic E-state index is 11.8. The maximum atomic E-state index is 11.8. The van der Waals surface area contributed by atoms with Gasteiger partial charge in [0.1, 0.15) is 6.42 Å². The summed E-state index contributed by atoms with van der Waals surface area (Å²) in [7, 11) is 0. The van der Waals surface area contributed by atoms with Gasteiger partial charge in [-0.2, -0.15) is 10.2 Å². The molecule has 2 rings (SSSR count). The first-order valence-electron chi connectivity index (χ1n) is 7.53. The standard InChI is InChI=1S/C17H18N6O2/c1-12(14-3-7-18-8-4-14)20-22-16(24)11-17(25)23-21-13(2)15-5-9-19-10-6-15/h3-10H,11H2,1-2H3,(H,22,24)(H,23,25). The number of hydrogen-bond donors (Lipinski definition) is 2. The Morgan fingerprint density at radius 1 is 0.800 bits per heavy atom. The summed E-state index contributed by atoms with van der Waals surface area (Å²) in [5, 5.41) is 7.91. The van der Waals surface area contributed by atoms with E-state index >= 15 is 0 Å². The van der Waals surface area contributed by atoms with E-state index in [4.69, 9.17) is 0 Å². The fourth-order valence-corrected chi connectivity index (χ4v) is 1.83. The summed E-state index contributed by atoms with van der Waals surface area (Å²) in [6.45, 7) is 3.50. The third-order valence-corrected chi connectivity index (χ3v) is 3.21. The van der Waals surface area contributed by atoms with E-state index in [9.17, 15) is 9.59 Å². The number of nitrogens with zero attached hydrogens (tertiary/aromatic N) is 4. The molecule has 2 heterocycles. The van der Waals surface area contributed by atoms with Crippen LogP contribution in [-0.4, -0.2) is 33.2 Å². The van der Waals surface area contributed by atoms with Crippen molar-refractivity contribution in [1.82, 2.24) is 20.8 Å². The molecule has 8 nitrogen and oxygen atoms in total. The largest absolute Gasteiger partial charge is 0.273 e. The van der Waals surface area contributed by atoms with Crippen molar-refractivity contribution in [2.75, 3.05) is 0 Å². The van der Waals surface area contributed by atoms with Gasteiger partial charge in [-0.1, -0.05) is 0 Å². The second-order valence-electron chi connectivity index (χ2n) is 5.11. The quantitative estimate of drug-likeness (QED) is 0.469. The summed E-state index contributed by atoms with van der Waals surface area (Å²) in [5.41, 5.74) is 7.57. The molecule has 2 aromatic rings. The second kappa shape index (κ2) is 9.02. The summed E-state index contributed by atoms with van der Waals surface area (Å²) in [4.78, 5) is 31.3. The van der Waals surface area contributed by atoms with Crippen molar-refractivity contribution < 1.29 is 9.59 Å². The van der Waals surface area contributed by atoms with E-state index in [2.05, 4.69) is 31.0 Å². The molecule has 2 amide bonds. The van der Waals surface area contributed by atoms with Gasteiger partial charge >= 0.3 is 0 Å². The molecule has 0 unspecified atom stereocenters. The smallest absolute Gasteiger partial charge is 0.249 e. The Morgan fingerprint density at radius 3 is 1.52 bits per heavy atom. The van der Waals surface area contributed by atoms with Crippen molar-refractivity contribution >= 4 is 23.2 Å². The van der Waals surface area contributed by atoms with Crippen molar-refractivity contribution in [3.63, 3.8) is 0 Å². The van der Waals surface area contributed by atoms with Crippen LogP contribution in [0.1, 0.15) is 31.4 Å². The van der Waals surface area contributed by atoms with Crippen molar-refractivity contribution in [2.24, 2.45) is 10.2 Å². The highest BCUT2D eigenvalue weighted by Gasteiger charge is 2.08. The average molecular weight is 338 g/mol. The Bertz CT molecular complexity index is 720. The molecule has 0 saturated carbocycles. The number of aromatic nitrogens is 2. The molecule has 8 heteroatoms. The van der Waals surface area contributed by atoms with Gasteiger partial charge in [-0.3, -0.25) is 19.6 Å². The molecular formula is C17H18N6O2. The molecule has 2 aromatic heterocycles. The highest BCUT2D eigenvalue weighted by atomic mass is 16.2. The van der Waals surface area contributed by atoms with Gasteiger partial charge in [0.2, 0.25) is 11.8 Å². The van der Waals surface area contributed by atoms with Crippen LogP contribution in [0.4, 0.5) is 0 Å². The van der Waals surface area contributed by atoms with Gasteiger partial charge in [-0.25, -0.2) is 10.9 Å². The molecule has 2 N–H and O–H groups in total. The molecule has 0 aromatic carbocycles. The van der Waals surface area contributed by atoms with Gasteiger partial charge < -0.3 is 0 Å². The number of rotatable bonds is 6. The predicted molar refractivity (Wildman–Crippen MR) is 93.8 cm³/mol. The predicted octanol–water partition coefficient (Wildman–Crippen LogP) is 1.25. The highest BCUT2D eigenvalue weighted by molar-refractivity contribution is 6.02. The molecule has 0 aliphatic carbocycles. The third kappa shape index (κ3) is 5.94. The Morgan fingerprint density at radius 2 is 1.16 bits per heavy atom. The van der Waals surface area contributed by atoms with Crippen molar-refractivity contribution in [2.45, 2.75) is 20.3 Å². The summed E-state index contributed by atoms with van der Waals surface area (Å²) in [6.07, 6.45) is 6.15. The molecule has 0 aliphatic heterocycles. The van der Waals surface area contributed by atoms with Crippen LogP contribution >= 0.6 is 0 Å². The topological polar surface area (TPSA) is 109 Å². The van der Waals surface area contributed by atoms with E-state index in [1.807, 2.05) is 0 Å². The van der Waals surface area contributed by atoms with Crippen molar-refractivity contribution in [3.05, 3.63) is 60.2 Å². The van der Waals surface area contributed by atoms with E-state index < -0.39 is 11.8 Å². The summed E-state index contributed by atoms with van der Waals surface area (Å²) >= 11 is 0. The lowest BCUT2D eigenvalue weighted by molar-refractivity contribution is -0.129. The molecule has 0 spiro atoms. The van der Waals surface area contributed by atoms with Crippen LogP contribution in [0.25, 0.3) is 0 Å². The molecule has 0 fully saturated rings. The zero-order valence-corrected chi connectivity index (χ0v) is 13.9. The van der Waals surface area contributed by atoms with Crippen LogP contribution in [0.2, 0.25) is 0 Å². The van der Waals surface area contributed by atoms with Gasteiger partial charge in [0.05, 0.1) is 11.4 Å². The Balaban J connectivity index is 1.83. The zero-order valence-electron chi connectivity index (χ0n) is 13.9. The van der Waals surface area contributed by atoms with Crippen LogP contribution in [0.3, 0.4) is 0 Å². The van der Waals surface area contributed by atoms with E-state index in [1.165, 1.54) is 0 Å². The van der Waals surface area contributed by atoms with Crippen molar-refractivity contribution in [3.8, 4) is 0 Å². The number of nitrogens with one attached hydrogen (secondary N) is 2. The minimum Gasteiger partial charge on any atom is -0.273 e. The fourth-order valence-electron chi connectivity index (χ4n) is 1.83. The first-order chi connectivity index (χ1) is 12.1. The number of carbonyl (C=O) groups is 2. The number of carbonyl (C=O) groups excluding carboxylic acids is 2. The molecule has 0 saturated heterocycles. The average Bonchev–Trinajstić information content (AvgIpc) is 2.65. The molecule has 0 atom stereocenters. The number of pyridine rings is 2. The van der Waals surface area contributed by atoms with Crippen LogP contribution in [0.15, 0.2) is 59.3 Å². The fraction of sp³-hybridized carbons (Fsp3) is 0.176. The van der Waals surface area contributed by atoms with E-state index in [-0.39, 0.29) is 6.42 Å². The highest BCUT2D eigenvalue weighted by Crippen LogP contribution is 1.99. The van der Waals surface area contributed by atoms with E-state index in [0.717, 1.165) is 11.1 Å². The van der Waals surface area contributed by atoms with Gasteiger partial charge in [0, 0.05) is 35.9 Å². The lowest BCUT2D eigenvalue weighted by Gasteiger charge is -2.03. The molecule has 25 heavy (non-hydrogen) atoms.